The molecule has 1 saturated carbocycles. The Hall–Kier alpha value is -0.120. The molecular formula is C14H28N2O. The lowest BCUT2D eigenvalue weighted by Crippen LogP contribution is -2.50. The van der Waals surface area contributed by atoms with E-state index in [0.29, 0.717) is 12.1 Å². The molecule has 17 heavy (non-hydrogen) atoms. The van der Waals surface area contributed by atoms with Crippen molar-refractivity contribution in [2.24, 2.45) is 11.7 Å². The van der Waals surface area contributed by atoms with Gasteiger partial charge in [0.25, 0.3) is 0 Å². The number of hydrogen-bond donors (Lipinski definition) is 1. The molecule has 2 rings (SSSR count). The van der Waals surface area contributed by atoms with Crippen LogP contribution in [0.3, 0.4) is 0 Å². The summed E-state index contributed by atoms with van der Waals surface area (Å²) in [6, 6.07) is 1.07. The largest absolute Gasteiger partial charge is 0.384 e. The topological polar surface area (TPSA) is 38.5 Å². The van der Waals surface area contributed by atoms with Gasteiger partial charge in [0.2, 0.25) is 0 Å². The minimum absolute atomic E-state index is 0.413. The van der Waals surface area contributed by atoms with E-state index in [2.05, 4.69) is 4.90 Å². The molecule has 2 unspecified atom stereocenters. The lowest BCUT2D eigenvalue weighted by atomic mass is 9.93. The molecule has 0 radical (unpaired) electrons. The van der Waals surface area contributed by atoms with E-state index in [1.165, 1.54) is 58.0 Å². The summed E-state index contributed by atoms with van der Waals surface area (Å²) in [4.78, 5) is 2.65. The average Bonchev–Trinajstić information content (AvgIpc) is 2.56. The molecule has 0 aromatic carbocycles. The smallest absolute Gasteiger partial charge is 0.0491 e. The van der Waals surface area contributed by atoms with Crippen LogP contribution in [-0.2, 0) is 4.74 Å². The van der Waals surface area contributed by atoms with Crippen molar-refractivity contribution in [2.45, 2.75) is 57.0 Å². The lowest BCUT2D eigenvalue weighted by molar-refractivity contribution is 0.0701. The van der Waals surface area contributed by atoms with Crippen molar-refractivity contribution in [1.29, 1.82) is 0 Å². The molecule has 1 saturated heterocycles. The molecule has 100 valence electrons. The van der Waals surface area contributed by atoms with Gasteiger partial charge < -0.3 is 10.5 Å². The van der Waals surface area contributed by atoms with E-state index < -0.39 is 0 Å². The summed E-state index contributed by atoms with van der Waals surface area (Å²) in [5, 5.41) is 0. The van der Waals surface area contributed by atoms with Crippen LogP contribution in [0.15, 0.2) is 0 Å². The first-order chi connectivity index (χ1) is 8.31. The molecule has 0 aromatic heterocycles. The first-order valence-corrected chi connectivity index (χ1v) is 7.30. The second-order valence-electron chi connectivity index (χ2n) is 5.80. The Labute approximate surface area is 106 Å². The molecule has 0 bridgehead atoms. The Morgan fingerprint density at radius 3 is 2.47 bits per heavy atom. The van der Waals surface area contributed by atoms with Crippen LogP contribution in [0.4, 0.5) is 0 Å². The third kappa shape index (κ3) is 3.67. The van der Waals surface area contributed by atoms with Gasteiger partial charge in [-0.15, -0.1) is 0 Å². The highest BCUT2D eigenvalue weighted by molar-refractivity contribution is 4.87. The van der Waals surface area contributed by atoms with E-state index >= 15 is 0 Å². The van der Waals surface area contributed by atoms with Crippen LogP contribution < -0.4 is 5.73 Å². The summed E-state index contributed by atoms with van der Waals surface area (Å²) in [5.41, 5.74) is 6.34. The summed E-state index contributed by atoms with van der Waals surface area (Å²) in [7, 11) is 1.81. The molecule has 3 heteroatoms. The molecule has 2 aliphatic rings. The van der Waals surface area contributed by atoms with Gasteiger partial charge in [0.1, 0.15) is 0 Å². The van der Waals surface area contributed by atoms with Crippen LogP contribution >= 0.6 is 0 Å². The SMILES string of the molecule is COCC1CCN(C2CCCCCC2N)CC1. The van der Waals surface area contributed by atoms with Crippen molar-refractivity contribution < 1.29 is 4.74 Å². The van der Waals surface area contributed by atoms with Crippen molar-refractivity contribution in [3.63, 3.8) is 0 Å². The molecule has 2 fully saturated rings. The third-order valence-electron chi connectivity index (χ3n) is 4.55. The molecule has 1 heterocycles. The van der Waals surface area contributed by atoms with Crippen LogP contribution in [0.25, 0.3) is 0 Å². The van der Waals surface area contributed by atoms with Crippen LogP contribution in [0.5, 0.6) is 0 Å². The van der Waals surface area contributed by atoms with Gasteiger partial charge in [-0.2, -0.15) is 0 Å². The molecule has 1 aliphatic heterocycles. The van der Waals surface area contributed by atoms with Crippen LogP contribution in [0, 0.1) is 5.92 Å². The number of methoxy groups -OCH3 is 1. The summed E-state index contributed by atoms with van der Waals surface area (Å²) in [6.45, 7) is 3.39. The third-order valence-corrected chi connectivity index (χ3v) is 4.55. The van der Waals surface area contributed by atoms with Crippen molar-refractivity contribution in [2.75, 3.05) is 26.8 Å². The minimum atomic E-state index is 0.413. The first-order valence-electron chi connectivity index (χ1n) is 7.30. The Bertz CT molecular complexity index is 214. The van der Waals surface area contributed by atoms with Gasteiger partial charge in [-0.25, -0.2) is 0 Å². The number of hydrogen-bond acceptors (Lipinski definition) is 3. The van der Waals surface area contributed by atoms with Gasteiger partial charge in [0.15, 0.2) is 0 Å². The van der Waals surface area contributed by atoms with Crippen molar-refractivity contribution >= 4 is 0 Å². The Morgan fingerprint density at radius 1 is 1.06 bits per heavy atom. The first kappa shape index (κ1) is 13.3. The summed E-state index contributed by atoms with van der Waals surface area (Å²) < 4.78 is 5.26. The molecule has 0 spiro atoms. The van der Waals surface area contributed by atoms with Gasteiger partial charge in [-0.1, -0.05) is 19.3 Å². The normalized spacial score (nSPS) is 33.5. The van der Waals surface area contributed by atoms with Crippen molar-refractivity contribution in [3.05, 3.63) is 0 Å². The van der Waals surface area contributed by atoms with E-state index in [9.17, 15) is 0 Å². The van der Waals surface area contributed by atoms with Gasteiger partial charge in [0, 0.05) is 25.8 Å². The standard InChI is InChI=1S/C14H28N2O/c1-17-11-12-7-9-16(10-8-12)14-6-4-2-3-5-13(14)15/h12-14H,2-11,15H2,1H3. The maximum absolute atomic E-state index is 6.34. The maximum atomic E-state index is 6.34. The fourth-order valence-corrected chi connectivity index (χ4v) is 3.46. The number of ether oxygens (including phenoxy) is 1. The zero-order chi connectivity index (χ0) is 12.1. The number of piperidine rings is 1. The summed E-state index contributed by atoms with van der Waals surface area (Å²) in [6.07, 6.45) is 9.20. The highest BCUT2D eigenvalue weighted by Gasteiger charge is 2.29. The number of nitrogens with zero attached hydrogens (tertiary/aromatic N) is 1. The highest BCUT2D eigenvalue weighted by atomic mass is 16.5. The molecule has 0 amide bonds. The average molecular weight is 240 g/mol. The number of likely N-dealkylation sites (tertiary alicyclic amines) is 1. The molecule has 0 aromatic rings. The predicted octanol–water partition coefficient (Wildman–Crippen LogP) is 2.00. The molecular weight excluding hydrogens is 212 g/mol. The minimum Gasteiger partial charge on any atom is -0.384 e. The zero-order valence-electron chi connectivity index (χ0n) is 11.2. The van der Waals surface area contributed by atoms with E-state index in [4.69, 9.17) is 10.5 Å². The van der Waals surface area contributed by atoms with E-state index in [1.54, 1.807) is 0 Å². The zero-order valence-corrected chi connectivity index (χ0v) is 11.2. The molecule has 3 nitrogen and oxygen atoms in total. The lowest BCUT2D eigenvalue weighted by Gasteiger charge is -2.39. The van der Waals surface area contributed by atoms with Crippen LogP contribution in [0.2, 0.25) is 0 Å². The second kappa shape index (κ2) is 6.72. The predicted molar refractivity (Wildman–Crippen MR) is 71.0 cm³/mol. The fraction of sp³-hybridized carbons (Fsp3) is 1.00. The van der Waals surface area contributed by atoms with Gasteiger partial charge >= 0.3 is 0 Å². The monoisotopic (exact) mass is 240 g/mol. The quantitative estimate of drug-likeness (QED) is 0.767. The van der Waals surface area contributed by atoms with Gasteiger partial charge in [-0.3, -0.25) is 4.90 Å². The van der Waals surface area contributed by atoms with Crippen molar-refractivity contribution in [1.82, 2.24) is 4.90 Å². The maximum Gasteiger partial charge on any atom is 0.0491 e. The van der Waals surface area contributed by atoms with Crippen LogP contribution in [-0.4, -0.2) is 43.8 Å². The Balaban J connectivity index is 1.82. The second-order valence-corrected chi connectivity index (χ2v) is 5.80. The number of rotatable bonds is 3. The molecule has 2 N–H and O–H groups in total. The highest BCUT2D eigenvalue weighted by Crippen LogP contribution is 2.26. The van der Waals surface area contributed by atoms with Gasteiger partial charge in [0.05, 0.1) is 0 Å². The number of nitrogens with two attached hydrogens (primary N) is 1. The molecule has 1 aliphatic carbocycles. The summed E-state index contributed by atoms with van der Waals surface area (Å²) >= 11 is 0. The van der Waals surface area contributed by atoms with Crippen molar-refractivity contribution in [3.8, 4) is 0 Å². The Morgan fingerprint density at radius 2 is 1.76 bits per heavy atom. The van der Waals surface area contributed by atoms with E-state index in [-0.39, 0.29) is 0 Å². The van der Waals surface area contributed by atoms with E-state index in [1.807, 2.05) is 7.11 Å². The van der Waals surface area contributed by atoms with E-state index in [0.717, 1.165) is 12.5 Å². The van der Waals surface area contributed by atoms with Crippen LogP contribution in [0.1, 0.15) is 44.9 Å². The molecule has 2 atom stereocenters. The Kier molecular flexibility index (Phi) is 5.26. The van der Waals surface area contributed by atoms with Gasteiger partial charge in [-0.05, 0) is 44.7 Å². The fourth-order valence-electron chi connectivity index (χ4n) is 3.46. The summed E-state index contributed by atoms with van der Waals surface area (Å²) in [5.74, 6) is 0.776.